The Labute approximate surface area is 167 Å². The first-order chi connectivity index (χ1) is 13.6. The molecule has 0 aromatic heterocycles. The first-order valence-corrected chi connectivity index (χ1v) is 9.77. The van der Waals surface area contributed by atoms with Crippen LogP contribution < -0.4 is 4.74 Å². The fourth-order valence-corrected chi connectivity index (χ4v) is 3.56. The van der Waals surface area contributed by atoms with Crippen molar-refractivity contribution in [2.24, 2.45) is 0 Å². The highest BCUT2D eigenvalue weighted by molar-refractivity contribution is 5.79. The summed E-state index contributed by atoms with van der Waals surface area (Å²) in [5, 5.41) is 9.69. The summed E-state index contributed by atoms with van der Waals surface area (Å²) in [7, 11) is 1.63. The van der Waals surface area contributed by atoms with Gasteiger partial charge in [-0.1, -0.05) is 43.3 Å². The van der Waals surface area contributed by atoms with Crippen molar-refractivity contribution in [1.82, 2.24) is 9.80 Å². The summed E-state index contributed by atoms with van der Waals surface area (Å²) in [6, 6.07) is 18.1. The largest absolute Gasteiger partial charge is 0.497 e. The smallest absolute Gasteiger partial charge is 0.227 e. The van der Waals surface area contributed by atoms with Crippen LogP contribution >= 0.6 is 0 Å². The highest BCUT2D eigenvalue weighted by Crippen LogP contribution is 2.22. The lowest BCUT2D eigenvalue weighted by atomic mass is 10.0. The zero-order chi connectivity index (χ0) is 19.9. The minimum atomic E-state index is -0.259. The van der Waals surface area contributed by atoms with Crippen molar-refractivity contribution in [2.75, 3.05) is 33.3 Å². The lowest BCUT2D eigenvalue weighted by Gasteiger charge is -2.37. The van der Waals surface area contributed by atoms with Crippen LogP contribution in [0.5, 0.6) is 5.75 Å². The highest BCUT2D eigenvalue weighted by atomic mass is 16.5. The van der Waals surface area contributed by atoms with E-state index in [1.165, 1.54) is 5.56 Å². The molecule has 1 aliphatic heterocycles. The van der Waals surface area contributed by atoms with E-state index in [-0.39, 0.29) is 11.9 Å². The number of amides is 1. The monoisotopic (exact) mass is 377 g/mol. The van der Waals surface area contributed by atoms with Crippen molar-refractivity contribution in [3.05, 3.63) is 65.2 Å². The van der Waals surface area contributed by atoms with Gasteiger partial charge in [-0.25, -0.2) is 0 Å². The van der Waals surface area contributed by atoms with E-state index in [1.807, 2.05) is 41.3 Å². The molecule has 0 radical (unpaired) electrons. The van der Waals surface area contributed by atoms with Gasteiger partial charge in [0, 0.05) is 26.2 Å². The summed E-state index contributed by atoms with van der Waals surface area (Å²) < 4.78 is 5.16. The maximum Gasteiger partial charge on any atom is 0.227 e. The Hall–Kier alpha value is -2.84. The quantitative estimate of drug-likeness (QED) is 0.776. The maximum atomic E-state index is 12.6. The number of carbonyl (C=O) groups excluding carboxylic acids is 1. The first-order valence-electron chi connectivity index (χ1n) is 9.77. The molecule has 1 unspecified atom stereocenters. The van der Waals surface area contributed by atoms with Crippen LogP contribution in [-0.2, 0) is 17.6 Å². The Morgan fingerprint density at radius 2 is 1.64 bits per heavy atom. The summed E-state index contributed by atoms with van der Waals surface area (Å²) in [5.74, 6) is 0.921. The van der Waals surface area contributed by atoms with E-state index in [9.17, 15) is 10.1 Å². The normalized spacial score (nSPS) is 15.7. The zero-order valence-electron chi connectivity index (χ0n) is 16.6. The Balaban J connectivity index is 1.56. The molecule has 3 rings (SSSR count). The van der Waals surface area contributed by atoms with Gasteiger partial charge in [-0.05, 0) is 35.2 Å². The molecule has 1 amide bonds. The Kier molecular flexibility index (Phi) is 6.67. The van der Waals surface area contributed by atoms with Crippen molar-refractivity contribution in [2.45, 2.75) is 25.8 Å². The van der Waals surface area contributed by atoms with E-state index in [1.54, 1.807) is 7.11 Å². The predicted octanol–water partition coefficient (Wildman–Crippen LogP) is 3.21. The third kappa shape index (κ3) is 4.71. The molecule has 5 nitrogen and oxygen atoms in total. The van der Waals surface area contributed by atoms with Crippen LogP contribution in [0.25, 0.3) is 0 Å². The molecule has 1 atom stereocenters. The van der Waals surface area contributed by atoms with Crippen LogP contribution in [0.4, 0.5) is 0 Å². The Morgan fingerprint density at radius 3 is 2.18 bits per heavy atom. The zero-order valence-corrected chi connectivity index (χ0v) is 16.6. The number of rotatable bonds is 6. The summed E-state index contributed by atoms with van der Waals surface area (Å²) in [5.41, 5.74) is 3.28. The number of benzene rings is 2. The predicted molar refractivity (Wildman–Crippen MR) is 109 cm³/mol. The molecule has 146 valence electrons. The lowest BCUT2D eigenvalue weighted by Crippen LogP contribution is -2.49. The van der Waals surface area contributed by atoms with Gasteiger partial charge in [-0.15, -0.1) is 0 Å². The van der Waals surface area contributed by atoms with Crippen molar-refractivity contribution < 1.29 is 9.53 Å². The number of carbonyl (C=O) groups is 1. The maximum absolute atomic E-state index is 12.6. The van der Waals surface area contributed by atoms with Crippen LogP contribution in [0.1, 0.15) is 29.7 Å². The molecule has 0 spiro atoms. The number of aryl methyl sites for hydroxylation is 1. The number of hydrogen-bond acceptors (Lipinski definition) is 4. The standard InChI is InChI=1S/C23H27N3O2/c1-3-18-4-8-20(9-5-18)22(17-24)25-12-14-26(15-13-25)23(27)16-19-6-10-21(28-2)11-7-19/h4-11,22H,3,12-16H2,1-2H3. The fraction of sp³-hybridized carbons (Fsp3) is 0.391. The molecule has 2 aromatic carbocycles. The lowest BCUT2D eigenvalue weighted by molar-refractivity contribution is -0.132. The van der Waals surface area contributed by atoms with Gasteiger partial charge in [0.05, 0.1) is 19.6 Å². The molecule has 1 fully saturated rings. The van der Waals surface area contributed by atoms with Gasteiger partial charge in [0.2, 0.25) is 5.91 Å². The summed E-state index contributed by atoms with van der Waals surface area (Å²) in [4.78, 5) is 16.7. The van der Waals surface area contributed by atoms with E-state index in [2.05, 4.69) is 30.0 Å². The van der Waals surface area contributed by atoms with Gasteiger partial charge in [0.25, 0.3) is 0 Å². The van der Waals surface area contributed by atoms with Gasteiger partial charge >= 0.3 is 0 Å². The molecule has 0 saturated carbocycles. The molecule has 1 heterocycles. The van der Waals surface area contributed by atoms with Crippen molar-refractivity contribution >= 4 is 5.91 Å². The summed E-state index contributed by atoms with van der Waals surface area (Å²) in [6.45, 7) is 4.85. The van der Waals surface area contributed by atoms with Crippen LogP contribution in [0, 0.1) is 11.3 Å². The molecule has 1 aliphatic rings. The average molecular weight is 377 g/mol. The molecular weight excluding hydrogens is 350 g/mol. The number of piperazine rings is 1. The van der Waals surface area contributed by atoms with E-state index in [0.717, 1.165) is 23.3 Å². The minimum Gasteiger partial charge on any atom is -0.497 e. The number of methoxy groups -OCH3 is 1. The van der Waals surface area contributed by atoms with Crippen LogP contribution in [0.15, 0.2) is 48.5 Å². The van der Waals surface area contributed by atoms with Crippen LogP contribution in [0.2, 0.25) is 0 Å². The van der Waals surface area contributed by atoms with E-state index < -0.39 is 0 Å². The second-order valence-corrected chi connectivity index (χ2v) is 7.07. The number of hydrogen-bond donors (Lipinski definition) is 0. The SMILES string of the molecule is CCc1ccc(C(C#N)N2CCN(C(=O)Cc3ccc(OC)cc3)CC2)cc1. The van der Waals surface area contributed by atoms with Crippen LogP contribution in [0.3, 0.4) is 0 Å². The second-order valence-electron chi connectivity index (χ2n) is 7.07. The van der Waals surface area contributed by atoms with Gasteiger partial charge in [-0.2, -0.15) is 5.26 Å². The molecule has 0 aliphatic carbocycles. The molecule has 2 aromatic rings. The molecule has 0 bridgehead atoms. The number of nitrogens with zero attached hydrogens (tertiary/aromatic N) is 3. The van der Waals surface area contributed by atoms with Crippen molar-refractivity contribution in [3.8, 4) is 11.8 Å². The number of ether oxygens (including phenoxy) is 1. The third-order valence-corrected chi connectivity index (χ3v) is 5.37. The highest BCUT2D eigenvalue weighted by Gasteiger charge is 2.27. The fourth-order valence-electron chi connectivity index (χ4n) is 3.56. The minimum absolute atomic E-state index is 0.130. The molecule has 0 N–H and O–H groups in total. The van der Waals surface area contributed by atoms with Gasteiger partial charge in [0.15, 0.2) is 0 Å². The van der Waals surface area contributed by atoms with Gasteiger partial charge in [-0.3, -0.25) is 9.69 Å². The molecule has 1 saturated heterocycles. The van der Waals surface area contributed by atoms with E-state index in [0.29, 0.717) is 32.6 Å². The van der Waals surface area contributed by atoms with Gasteiger partial charge in [0.1, 0.15) is 11.8 Å². The molecular formula is C23H27N3O2. The van der Waals surface area contributed by atoms with Crippen molar-refractivity contribution in [1.29, 1.82) is 5.26 Å². The van der Waals surface area contributed by atoms with E-state index >= 15 is 0 Å². The third-order valence-electron chi connectivity index (χ3n) is 5.37. The van der Waals surface area contributed by atoms with Gasteiger partial charge < -0.3 is 9.64 Å². The average Bonchev–Trinajstić information content (AvgIpc) is 2.75. The van der Waals surface area contributed by atoms with Crippen molar-refractivity contribution in [3.63, 3.8) is 0 Å². The van der Waals surface area contributed by atoms with E-state index in [4.69, 9.17) is 4.74 Å². The Bertz CT molecular complexity index is 816. The number of nitriles is 1. The topological polar surface area (TPSA) is 56.6 Å². The summed E-state index contributed by atoms with van der Waals surface area (Å²) in [6.07, 6.45) is 1.39. The Morgan fingerprint density at radius 1 is 1.04 bits per heavy atom. The second kappa shape index (κ2) is 9.38. The van der Waals surface area contributed by atoms with Crippen LogP contribution in [-0.4, -0.2) is 49.0 Å². The molecule has 5 heteroatoms. The first kappa shape index (κ1) is 19.9. The molecule has 28 heavy (non-hydrogen) atoms. The summed E-state index contributed by atoms with van der Waals surface area (Å²) >= 11 is 0.